The van der Waals surface area contributed by atoms with E-state index >= 15 is 0 Å². The molecule has 7 nitrogen and oxygen atoms in total. The van der Waals surface area contributed by atoms with E-state index in [-0.39, 0.29) is 11.4 Å². The van der Waals surface area contributed by atoms with Crippen LogP contribution in [0.1, 0.15) is 18.1 Å². The lowest BCUT2D eigenvalue weighted by Crippen LogP contribution is -2.36. The van der Waals surface area contributed by atoms with Gasteiger partial charge in [-0.1, -0.05) is 60.7 Å². The number of ether oxygens (including phenoxy) is 2. The smallest absolute Gasteiger partial charge is 0.294 e. The number of fused-ring (bicyclic) bond motifs is 1. The largest absolute Gasteiger partial charge is 0.490 e. The van der Waals surface area contributed by atoms with Crippen molar-refractivity contribution in [2.45, 2.75) is 13.5 Å². The molecular formula is C31H25IN2O5S. The molecule has 0 unspecified atom stereocenters. The first kappa shape index (κ1) is 27.7. The lowest BCUT2D eigenvalue weighted by atomic mass is 10.1. The minimum Gasteiger partial charge on any atom is -0.490 e. The second kappa shape index (κ2) is 12.6. The van der Waals surface area contributed by atoms with Crippen LogP contribution in [0.4, 0.5) is 10.5 Å². The van der Waals surface area contributed by atoms with E-state index in [1.54, 1.807) is 36.4 Å². The maximum atomic E-state index is 13.0. The van der Waals surface area contributed by atoms with Crippen molar-refractivity contribution in [2.75, 3.05) is 18.5 Å². The van der Waals surface area contributed by atoms with Gasteiger partial charge in [0.1, 0.15) is 13.2 Å². The summed E-state index contributed by atoms with van der Waals surface area (Å²) < 4.78 is 13.0. The predicted octanol–water partition coefficient (Wildman–Crippen LogP) is 7.10. The first-order chi connectivity index (χ1) is 19.4. The Morgan fingerprint density at radius 3 is 2.52 bits per heavy atom. The lowest BCUT2D eigenvalue weighted by molar-refractivity contribution is -0.127. The molecule has 0 spiro atoms. The zero-order valence-corrected chi connectivity index (χ0v) is 24.5. The van der Waals surface area contributed by atoms with Crippen LogP contribution in [-0.4, -0.2) is 35.1 Å². The topological polar surface area (TPSA) is 84.9 Å². The number of thioether (sulfide) groups is 1. The highest BCUT2D eigenvalue weighted by atomic mass is 127. The van der Waals surface area contributed by atoms with Crippen LogP contribution in [0.2, 0.25) is 0 Å². The number of anilines is 1. The molecule has 4 aromatic rings. The summed E-state index contributed by atoms with van der Waals surface area (Å²) in [7, 11) is 0. The summed E-state index contributed by atoms with van der Waals surface area (Å²) in [5, 5.41) is 4.48. The molecule has 0 radical (unpaired) electrons. The summed E-state index contributed by atoms with van der Waals surface area (Å²) in [6.45, 7) is 2.32. The van der Waals surface area contributed by atoms with Crippen molar-refractivity contribution in [1.29, 1.82) is 0 Å². The number of amides is 3. The van der Waals surface area contributed by atoms with Crippen molar-refractivity contribution in [3.63, 3.8) is 0 Å². The van der Waals surface area contributed by atoms with Crippen molar-refractivity contribution in [1.82, 2.24) is 4.90 Å². The van der Waals surface area contributed by atoms with Gasteiger partial charge in [0, 0.05) is 5.69 Å². The number of hydrogen-bond acceptors (Lipinski definition) is 6. The number of nitrogens with zero attached hydrogens (tertiary/aromatic N) is 1. The van der Waals surface area contributed by atoms with Gasteiger partial charge in [-0.2, -0.15) is 0 Å². The van der Waals surface area contributed by atoms with Gasteiger partial charge in [0.25, 0.3) is 11.1 Å². The maximum absolute atomic E-state index is 13.0. The number of carbonyl (C=O) groups is 3. The molecule has 1 heterocycles. The van der Waals surface area contributed by atoms with E-state index in [4.69, 9.17) is 9.47 Å². The molecule has 9 heteroatoms. The summed E-state index contributed by atoms with van der Waals surface area (Å²) in [6, 6.07) is 26.8. The molecule has 5 rings (SSSR count). The fourth-order valence-corrected chi connectivity index (χ4v) is 5.92. The summed E-state index contributed by atoms with van der Waals surface area (Å²) in [5.74, 6) is 0.193. The van der Waals surface area contributed by atoms with E-state index < -0.39 is 17.1 Å². The second-order valence-corrected chi connectivity index (χ2v) is 11.0. The van der Waals surface area contributed by atoms with Crippen LogP contribution in [0.5, 0.6) is 11.5 Å². The summed E-state index contributed by atoms with van der Waals surface area (Å²) in [5.41, 5.74) is 2.34. The highest BCUT2D eigenvalue weighted by Crippen LogP contribution is 2.38. The van der Waals surface area contributed by atoms with Gasteiger partial charge in [0.2, 0.25) is 5.91 Å². The molecule has 1 aliphatic heterocycles. The number of para-hydroxylation sites is 1. The average Bonchev–Trinajstić information content (AvgIpc) is 3.20. The van der Waals surface area contributed by atoms with E-state index in [1.807, 2.05) is 43.3 Å². The molecule has 0 bridgehead atoms. The second-order valence-electron chi connectivity index (χ2n) is 8.87. The fraction of sp³-hybridized carbons (Fsp3) is 0.129. The van der Waals surface area contributed by atoms with Gasteiger partial charge < -0.3 is 14.8 Å². The van der Waals surface area contributed by atoms with E-state index in [2.05, 4.69) is 46.1 Å². The average molecular weight is 665 g/mol. The van der Waals surface area contributed by atoms with Gasteiger partial charge in [0.05, 0.1) is 15.1 Å². The maximum Gasteiger partial charge on any atom is 0.294 e. The third-order valence-corrected chi connectivity index (χ3v) is 7.82. The molecule has 0 saturated carbocycles. The fourth-order valence-electron chi connectivity index (χ4n) is 4.30. The monoisotopic (exact) mass is 664 g/mol. The van der Waals surface area contributed by atoms with Gasteiger partial charge >= 0.3 is 0 Å². The van der Waals surface area contributed by atoms with Crippen LogP contribution in [0.15, 0.2) is 89.8 Å². The molecule has 1 saturated heterocycles. The third-order valence-electron chi connectivity index (χ3n) is 6.11. The molecule has 4 aromatic carbocycles. The quantitative estimate of drug-likeness (QED) is 0.152. The minimum absolute atomic E-state index is 0.236. The van der Waals surface area contributed by atoms with E-state index in [0.29, 0.717) is 36.0 Å². The first-order valence-corrected chi connectivity index (χ1v) is 14.5. The Morgan fingerprint density at radius 1 is 0.975 bits per heavy atom. The Bertz CT molecular complexity index is 1620. The Morgan fingerprint density at radius 2 is 1.73 bits per heavy atom. The highest BCUT2D eigenvalue weighted by Gasteiger charge is 2.36. The Hall–Kier alpha value is -3.83. The normalized spacial score (nSPS) is 14.2. The van der Waals surface area contributed by atoms with Crippen LogP contribution >= 0.6 is 34.4 Å². The molecule has 3 amide bonds. The van der Waals surface area contributed by atoms with Crippen LogP contribution in [-0.2, 0) is 16.2 Å². The van der Waals surface area contributed by atoms with Crippen molar-refractivity contribution >= 4 is 73.9 Å². The minimum atomic E-state index is -0.512. The van der Waals surface area contributed by atoms with Crippen molar-refractivity contribution < 1.29 is 23.9 Å². The van der Waals surface area contributed by atoms with Gasteiger partial charge in [-0.25, -0.2) is 0 Å². The van der Waals surface area contributed by atoms with Gasteiger partial charge in [-0.3, -0.25) is 19.3 Å². The summed E-state index contributed by atoms with van der Waals surface area (Å²) in [6.07, 6.45) is 1.64. The van der Waals surface area contributed by atoms with Crippen molar-refractivity contribution in [3.8, 4) is 11.5 Å². The Labute approximate surface area is 249 Å². The van der Waals surface area contributed by atoms with E-state index in [0.717, 1.165) is 36.6 Å². The van der Waals surface area contributed by atoms with Crippen molar-refractivity contribution in [2.24, 2.45) is 0 Å². The molecule has 202 valence electrons. The molecule has 0 aliphatic carbocycles. The van der Waals surface area contributed by atoms with Crippen LogP contribution < -0.4 is 14.8 Å². The number of benzene rings is 4. The highest BCUT2D eigenvalue weighted by molar-refractivity contribution is 14.1. The number of hydrogen-bond donors (Lipinski definition) is 1. The predicted molar refractivity (Wildman–Crippen MR) is 166 cm³/mol. The van der Waals surface area contributed by atoms with Crippen molar-refractivity contribution in [3.05, 3.63) is 105 Å². The number of rotatable bonds is 9. The number of halogens is 1. The van der Waals surface area contributed by atoms with Crippen LogP contribution in [0.3, 0.4) is 0 Å². The Kier molecular flexibility index (Phi) is 8.71. The molecule has 0 aromatic heterocycles. The molecule has 1 aliphatic rings. The standard InChI is InChI=1S/C31H25IN2O5S/c1-2-38-26-16-20(15-25(32)29(26)39-19-22-11-8-10-21-9-6-7-14-24(21)22)17-27-30(36)34(31(37)40-27)18-28(35)33-23-12-4-3-5-13-23/h3-17H,2,18-19H2,1H3,(H,33,35)/b27-17+. The molecular weight excluding hydrogens is 639 g/mol. The van der Waals surface area contributed by atoms with E-state index in [9.17, 15) is 14.4 Å². The van der Waals surface area contributed by atoms with Crippen LogP contribution in [0.25, 0.3) is 16.8 Å². The number of carbonyl (C=O) groups excluding carboxylic acids is 3. The first-order valence-electron chi connectivity index (χ1n) is 12.6. The van der Waals surface area contributed by atoms with Gasteiger partial charge in [0.15, 0.2) is 11.5 Å². The van der Waals surface area contributed by atoms with Gasteiger partial charge in [-0.05, 0) is 93.5 Å². The Balaban J connectivity index is 1.33. The number of imide groups is 1. The molecule has 0 atom stereocenters. The molecule has 1 N–H and O–H groups in total. The third kappa shape index (κ3) is 6.31. The number of nitrogens with one attached hydrogen (secondary N) is 1. The zero-order valence-electron chi connectivity index (χ0n) is 21.6. The SMILES string of the molecule is CCOc1cc(/C=C2/SC(=O)N(CC(=O)Nc3ccccc3)C2=O)cc(I)c1OCc1cccc2ccccc12. The summed E-state index contributed by atoms with van der Waals surface area (Å²) in [4.78, 5) is 39.2. The molecule has 40 heavy (non-hydrogen) atoms. The molecule has 1 fully saturated rings. The summed E-state index contributed by atoms with van der Waals surface area (Å²) >= 11 is 2.99. The van der Waals surface area contributed by atoms with E-state index in [1.165, 1.54) is 0 Å². The zero-order chi connectivity index (χ0) is 28.1. The van der Waals surface area contributed by atoms with Gasteiger partial charge in [-0.15, -0.1) is 0 Å². The van der Waals surface area contributed by atoms with Crippen LogP contribution in [0, 0.1) is 3.57 Å². The lowest BCUT2D eigenvalue weighted by Gasteiger charge is -2.16.